The minimum absolute atomic E-state index is 0.0486. The summed E-state index contributed by atoms with van der Waals surface area (Å²) in [5, 5.41) is 20.2. The van der Waals surface area contributed by atoms with Crippen molar-refractivity contribution in [1.29, 1.82) is 0 Å². The molecule has 0 fully saturated rings. The molecule has 0 bridgehead atoms. The number of aryl methyl sites for hydroxylation is 1. The molecule has 1 amide bonds. The van der Waals surface area contributed by atoms with Gasteiger partial charge in [0.15, 0.2) is 0 Å². The van der Waals surface area contributed by atoms with Crippen LogP contribution in [-0.4, -0.2) is 22.5 Å². The Morgan fingerprint density at radius 1 is 1.48 bits per heavy atom. The molecule has 1 aromatic heterocycles. The first kappa shape index (κ1) is 14.5. The fraction of sp³-hybridized carbons (Fsp3) is 0.231. The summed E-state index contributed by atoms with van der Waals surface area (Å²) in [6.07, 6.45) is 0. The highest BCUT2D eigenvalue weighted by atomic mass is 16.6. The van der Waals surface area contributed by atoms with Crippen LogP contribution in [0, 0.1) is 17.0 Å². The summed E-state index contributed by atoms with van der Waals surface area (Å²) in [6.45, 7) is 4.02. The van der Waals surface area contributed by atoms with E-state index in [9.17, 15) is 14.9 Å². The van der Waals surface area contributed by atoms with Gasteiger partial charge in [0, 0.05) is 12.6 Å². The van der Waals surface area contributed by atoms with Gasteiger partial charge in [-0.15, -0.1) is 0 Å². The van der Waals surface area contributed by atoms with Gasteiger partial charge in [-0.1, -0.05) is 11.2 Å². The maximum atomic E-state index is 12.2. The molecule has 0 atom stereocenters. The fourth-order valence-corrected chi connectivity index (χ4v) is 1.86. The number of aromatic nitrogens is 1. The summed E-state index contributed by atoms with van der Waals surface area (Å²) in [6, 6.07) is 6.04. The highest BCUT2D eigenvalue weighted by Crippen LogP contribution is 2.29. The van der Waals surface area contributed by atoms with Crippen molar-refractivity contribution in [2.75, 3.05) is 17.2 Å². The van der Waals surface area contributed by atoms with Crippen molar-refractivity contribution >= 4 is 23.2 Å². The van der Waals surface area contributed by atoms with Gasteiger partial charge in [-0.3, -0.25) is 20.2 Å². The minimum Gasteiger partial charge on any atom is -0.380 e. The van der Waals surface area contributed by atoms with Crippen LogP contribution in [0.15, 0.2) is 28.8 Å². The number of nitrogens with zero attached hydrogens (tertiary/aromatic N) is 2. The van der Waals surface area contributed by atoms with E-state index >= 15 is 0 Å². The number of anilines is 2. The summed E-state index contributed by atoms with van der Waals surface area (Å²) < 4.78 is 4.87. The molecule has 2 N–H and O–H groups in total. The third-order valence-corrected chi connectivity index (χ3v) is 2.70. The molecule has 0 unspecified atom stereocenters. The zero-order chi connectivity index (χ0) is 15.4. The highest BCUT2D eigenvalue weighted by Gasteiger charge is 2.24. The lowest BCUT2D eigenvalue weighted by molar-refractivity contribution is -0.384. The second kappa shape index (κ2) is 6.04. The van der Waals surface area contributed by atoms with Crippen molar-refractivity contribution in [3.8, 4) is 0 Å². The Bertz CT molecular complexity index is 681. The average molecular weight is 290 g/mol. The first-order chi connectivity index (χ1) is 10.0. The number of nitro benzene ring substituents is 1. The molecule has 8 nitrogen and oxygen atoms in total. The van der Waals surface area contributed by atoms with Crippen LogP contribution in [-0.2, 0) is 0 Å². The monoisotopic (exact) mass is 290 g/mol. The van der Waals surface area contributed by atoms with Crippen molar-refractivity contribution in [1.82, 2.24) is 5.16 Å². The molecule has 110 valence electrons. The van der Waals surface area contributed by atoms with Crippen molar-refractivity contribution in [2.24, 2.45) is 0 Å². The van der Waals surface area contributed by atoms with Crippen LogP contribution in [0.4, 0.5) is 17.3 Å². The van der Waals surface area contributed by atoms with Gasteiger partial charge < -0.3 is 9.84 Å². The van der Waals surface area contributed by atoms with E-state index in [2.05, 4.69) is 15.8 Å². The van der Waals surface area contributed by atoms with Crippen molar-refractivity contribution in [2.45, 2.75) is 13.8 Å². The molecule has 8 heteroatoms. The number of carbonyl (C=O) groups excluding carboxylic acids is 1. The normalized spacial score (nSPS) is 10.2. The second-order valence-electron chi connectivity index (χ2n) is 4.28. The van der Waals surface area contributed by atoms with E-state index < -0.39 is 10.8 Å². The number of benzene rings is 1. The molecule has 0 saturated heterocycles. The van der Waals surface area contributed by atoms with Crippen LogP contribution in [0.1, 0.15) is 23.0 Å². The standard InChI is InChI=1S/C13H14N4O4/c1-3-14-10-6-4-5-9(12(10)17(19)20)13(18)15-11-7-8(2)16-21-11/h4-7,14H,3H2,1-2H3,(H,15,18). The fourth-order valence-electron chi connectivity index (χ4n) is 1.86. The number of hydrogen-bond donors (Lipinski definition) is 2. The number of nitro groups is 1. The molecule has 0 aliphatic carbocycles. The summed E-state index contributed by atoms with van der Waals surface area (Å²) in [5.41, 5.74) is 0.575. The van der Waals surface area contributed by atoms with Crippen molar-refractivity contribution < 1.29 is 14.2 Å². The molecule has 1 heterocycles. The number of nitrogens with one attached hydrogen (secondary N) is 2. The lowest BCUT2D eigenvalue weighted by Gasteiger charge is -2.08. The Balaban J connectivity index is 2.35. The van der Waals surface area contributed by atoms with E-state index in [0.29, 0.717) is 17.9 Å². The SMILES string of the molecule is CCNc1cccc(C(=O)Nc2cc(C)no2)c1[N+](=O)[O-]. The van der Waals surface area contributed by atoms with Gasteiger partial charge in [0.1, 0.15) is 11.3 Å². The summed E-state index contributed by atoms with van der Waals surface area (Å²) in [4.78, 5) is 22.8. The molecule has 0 aliphatic rings. The second-order valence-corrected chi connectivity index (χ2v) is 4.28. The largest absolute Gasteiger partial charge is 0.380 e. The van der Waals surface area contributed by atoms with Crippen LogP contribution in [0.5, 0.6) is 0 Å². The summed E-state index contributed by atoms with van der Waals surface area (Å²) in [5.74, 6) is -0.488. The molecule has 2 rings (SSSR count). The quantitative estimate of drug-likeness (QED) is 0.646. The highest BCUT2D eigenvalue weighted by molar-refractivity contribution is 6.07. The third kappa shape index (κ3) is 3.16. The van der Waals surface area contributed by atoms with E-state index in [1.54, 1.807) is 19.1 Å². The predicted molar refractivity (Wildman–Crippen MR) is 76.5 cm³/mol. The predicted octanol–water partition coefficient (Wildman–Crippen LogP) is 2.58. The number of carbonyl (C=O) groups is 1. The molecule has 21 heavy (non-hydrogen) atoms. The van der Waals surface area contributed by atoms with Gasteiger partial charge in [-0.05, 0) is 26.0 Å². The van der Waals surface area contributed by atoms with Crippen LogP contribution in [0.2, 0.25) is 0 Å². The number of rotatable bonds is 5. The number of amides is 1. The first-order valence-electron chi connectivity index (χ1n) is 6.29. The van der Waals surface area contributed by atoms with Crippen LogP contribution in [0.3, 0.4) is 0 Å². The number of para-hydroxylation sites is 1. The molecular formula is C13H14N4O4. The van der Waals surface area contributed by atoms with E-state index in [0.717, 1.165) is 0 Å². The van der Waals surface area contributed by atoms with Gasteiger partial charge in [-0.2, -0.15) is 0 Å². The Labute approximate surface area is 120 Å². The Morgan fingerprint density at radius 2 is 2.24 bits per heavy atom. The van der Waals surface area contributed by atoms with Crippen molar-refractivity contribution in [3.63, 3.8) is 0 Å². The topological polar surface area (TPSA) is 110 Å². The lowest BCUT2D eigenvalue weighted by atomic mass is 10.1. The maximum absolute atomic E-state index is 12.2. The maximum Gasteiger partial charge on any atom is 0.305 e. The van der Waals surface area contributed by atoms with Crippen LogP contribution >= 0.6 is 0 Å². The first-order valence-corrected chi connectivity index (χ1v) is 6.29. The smallest absolute Gasteiger partial charge is 0.305 e. The van der Waals surface area contributed by atoms with Crippen LogP contribution < -0.4 is 10.6 Å². The van der Waals surface area contributed by atoms with E-state index in [1.807, 2.05) is 6.92 Å². The van der Waals surface area contributed by atoms with E-state index in [4.69, 9.17) is 4.52 Å². The molecule has 1 aromatic carbocycles. The van der Waals surface area contributed by atoms with Crippen LogP contribution in [0.25, 0.3) is 0 Å². The Morgan fingerprint density at radius 3 is 2.81 bits per heavy atom. The zero-order valence-corrected chi connectivity index (χ0v) is 11.5. The van der Waals surface area contributed by atoms with Gasteiger partial charge in [0.05, 0.1) is 10.6 Å². The molecule has 0 saturated carbocycles. The van der Waals surface area contributed by atoms with Gasteiger partial charge in [0.2, 0.25) is 5.88 Å². The molecular weight excluding hydrogens is 276 g/mol. The molecule has 2 aromatic rings. The van der Waals surface area contributed by atoms with Crippen molar-refractivity contribution in [3.05, 3.63) is 45.6 Å². The average Bonchev–Trinajstić information content (AvgIpc) is 2.84. The van der Waals surface area contributed by atoms with Gasteiger partial charge in [-0.25, -0.2) is 0 Å². The van der Waals surface area contributed by atoms with Gasteiger partial charge >= 0.3 is 5.69 Å². The van der Waals surface area contributed by atoms with E-state index in [-0.39, 0.29) is 17.1 Å². The minimum atomic E-state index is -0.627. The Kier molecular flexibility index (Phi) is 4.17. The molecule has 0 radical (unpaired) electrons. The number of hydrogen-bond acceptors (Lipinski definition) is 6. The summed E-state index contributed by atoms with van der Waals surface area (Å²) >= 11 is 0. The zero-order valence-electron chi connectivity index (χ0n) is 11.5. The third-order valence-electron chi connectivity index (χ3n) is 2.70. The molecule has 0 spiro atoms. The Hall–Kier alpha value is -2.90. The van der Waals surface area contributed by atoms with Gasteiger partial charge in [0.25, 0.3) is 5.91 Å². The summed E-state index contributed by atoms with van der Waals surface area (Å²) in [7, 11) is 0. The van der Waals surface area contributed by atoms with E-state index in [1.165, 1.54) is 12.1 Å². The lowest BCUT2D eigenvalue weighted by Crippen LogP contribution is -2.15. The molecule has 0 aliphatic heterocycles.